The molecule has 0 aromatic rings. The van der Waals surface area contributed by atoms with Gasteiger partial charge in [0.1, 0.15) is 0 Å². The number of carbonyl (C=O) groups excluding carboxylic acids is 1. The zero-order valence-electron chi connectivity index (χ0n) is 10.6. The maximum atomic E-state index is 11.8. The van der Waals surface area contributed by atoms with Crippen LogP contribution in [0.15, 0.2) is 0 Å². The van der Waals surface area contributed by atoms with Crippen LogP contribution in [0.3, 0.4) is 0 Å². The number of hydrogen-bond donors (Lipinski definition) is 3. The number of aliphatic hydroxyl groups is 1. The molecule has 0 rings (SSSR count). The number of aliphatic carboxylic acids is 1. The lowest BCUT2D eigenvalue weighted by Crippen LogP contribution is -2.45. The van der Waals surface area contributed by atoms with Crippen LogP contribution >= 0.6 is 11.8 Å². The van der Waals surface area contributed by atoms with Crippen molar-refractivity contribution in [3.63, 3.8) is 0 Å². The second kappa shape index (κ2) is 7.55. The summed E-state index contributed by atoms with van der Waals surface area (Å²) in [5.74, 6) is -2.58. The van der Waals surface area contributed by atoms with Crippen molar-refractivity contribution in [2.45, 2.75) is 32.1 Å². The number of thioether (sulfide) groups is 1. The number of rotatable bonds is 7. The van der Waals surface area contributed by atoms with Crippen LogP contribution in [0.1, 0.15) is 20.8 Å². The quantitative estimate of drug-likeness (QED) is 0.625. The van der Waals surface area contributed by atoms with Crippen molar-refractivity contribution in [1.29, 1.82) is 0 Å². The monoisotopic (exact) mass is 263 g/mol. The largest absolute Gasteiger partial charge is 0.481 e. The van der Waals surface area contributed by atoms with Crippen LogP contribution in [0.2, 0.25) is 0 Å². The molecular formula is C11H21NO4S. The fraction of sp³-hybridized carbons (Fsp3) is 0.818. The molecule has 0 aromatic carbocycles. The van der Waals surface area contributed by atoms with Gasteiger partial charge in [-0.1, -0.05) is 13.8 Å². The topological polar surface area (TPSA) is 86.6 Å². The Labute approximate surface area is 106 Å². The minimum atomic E-state index is -0.983. The van der Waals surface area contributed by atoms with Gasteiger partial charge in [-0.15, -0.1) is 0 Å². The standard InChI is InChI=1S/C11H21NO4S/c1-6(7(2)11(15)16)10(14)12-8(3)9(5-13)17-4/h6-9,13H,5H2,1-4H3,(H,12,14)(H,15,16). The molecule has 1 amide bonds. The molecule has 17 heavy (non-hydrogen) atoms. The highest BCUT2D eigenvalue weighted by Crippen LogP contribution is 2.14. The number of carbonyl (C=O) groups is 2. The van der Waals surface area contributed by atoms with E-state index >= 15 is 0 Å². The molecule has 4 atom stereocenters. The number of amides is 1. The lowest BCUT2D eigenvalue weighted by molar-refractivity contribution is -0.146. The highest BCUT2D eigenvalue weighted by Gasteiger charge is 2.27. The Kier molecular flexibility index (Phi) is 7.22. The fourth-order valence-corrected chi connectivity index (χ4v) is 1.95. The predicted octanol–water partition coefficient (Wildman–Crippen LogP) is 0.572. The van der Waals surface area contributed by atoms with E-state index in [-0.39, 0.29) is 23.8 Å². The molecular weight excluding hydrogens is 242 g/mol. The van der Waals surface area contributed by atoms with Crippen LogP contribution in [-0.4, -0.2) is 46.2 Å². The summed E-state index contributed by atoms with van der Waals surface area (Å²) in [7, 11) is 0. The third kappa shape index (κ3) is 4.95. The average Bonchev–Trinajstić information content (AvgIpc) is 2.28. The Balaban J connectivity index is 4.38. The van der Waals surface area contributed by atoms with E-state index < -0.39 is 17.8 Å². The predicted molar refractivity (Wildman–Crippen MR) is 68.0 cm³/mol. The van der Waals surface area contributed by atoms with E-state index in [1.54, 1.807) is 13.8 Å². The molecule has 100 valence electrons. The van der Waals surface area contributed by atoms with Crippen molar-refractivity contribution in [2.75, 3.05) is 12.9 Å². The van der Waals surface area contributed by atoms with Crippen molar-refractivity contribution in [1.82, 2.24) is 5.32 Å². The highest BCUT2D eigenvalue weighted by molar-refractivity contribution is 7.99. The molecule has 4 unspecified atom stereocenters. The van der Waals surface area contributed by atoms with Crippen LogP contribution in [0.25, 0.3) is 0 Å². The first-order chi connectivity index (χ1) is 7.84. The van der Waals surface area contributed by atoms with E-state index in [0.717, 1.165) is 0 Å². The number of aliphatic hydroxyl groups excluding tert-OH is 1. The van der Waals surface area contributed by atoms with Gasteiger partial charge < -0.3 is 15.5 Å². The number of carboxylic acids is 1. The lowest BCUT2D eigenvalue weighted by Gasteiger charge is -2.24. The molecule has 0 heterocycles. The Bertz CT molecular complexity index is 268. The summed E-state index contributed by atoms with van der Waals surface area (Å²) >= 11 is 1.47. The third-order valence-electron chi connectivity index (χ3n) is 2.96. The van der Waals surface area contributed by atoms with E-state index in [4.69, 9.17) is 10.2 Å². The molecule has 0 bridgehead atoms. The minimum Gasteiger partial charge on any atom is -0.481 e. The molecule has 0 spiro atoms. The van der Waals surface area contributed by atoms with Gasteiger partial charge in [0.25, 0.3) is 0 Å². The summed E-state index contributed by atoms with van der Waals surface area (Å²) in [5, 5.41) is 20.5. The Morgan fingerprint density at radius 1 is 1.24 bits per heavy atom. The fourth-order valence-electron chi connectivity index (χ4n) is 1.33. The molecule has 0 radical (unpaired) electrons. The molecule has 5 nitrogen and oxygen atoms in total. The summed E-state index contributed by atoms with van der Waals surface area (Å²) in [5.41, 5.74) is 0. The Morgan fingerprint density at radius 2 is 1.76 bits per heavy atom. The first kappa shape index (κ1) is 16.2. The molecule has 0 aliphatic rings. The van der Waals surface area contributed by atoms with Crippen LogP contribution in [0, 0.1) is 11.8 Å². The SMILES string of the molecule is CSC(CO)C(C)NC(=O)C(C)C(C)C(=O)O. The van der Waals surface area contributed by atoms with E-state index in [1.165, 1.54) is 18.7 Å². The summed E-state index contributed by atoms with van der Waals surface area (Å²) in [4.78, 5) is 22.5. The van der Waals surface area contributed by atoms with Crippen molar-refractivity contribution in [3.8, 4) is 0 Å². The molecule has 3 N–H and O–H groups in total. The van der Waals surface area contributed by atoms with Gasteiger partial charge in [-0.05, 0) is 13.2 Å². The number of carboxylic acid groups (broad SMARTS) is 1. The first-order valence-corrected chi connectivity index (χ1v) is 6.80. The van der Waals surface area contributed by atoms with Crippen LogP contribution < -0.4 is 5.32 Å². The van der Waals surface area contributed by atoms with Crippen molar-refractivity contribution < 1.29 is 19.8 Å². The molecule has 0 aliphatic carbocycles. The average molecular weight is 263 g/mol. The number of hydrogen-bond acceptors (Lipinski definition) is 4. The molecule has 0 aromatic heterocycles. The number of nitrogens with one attached hydrogen (secondary N) is 1. The van der Waals surface area contributed by atoms with Crippen LogP contribution in [0.4, 0.5) is 0 Å². The second-order valence-electron chi connectivity index (χ2n) is 4.17. The molecule has 0 saturated heterocycles. The third-order valence-corrected chi connectivity index (χ3v) is 4.13. The zero-order valence-corrected chi connectivity index (χ0v) is 11.5. The summed E-state index contributed by atoms with van der Waals surface area (Å²) < 4.78 is 0. The molecule has 0 fully saturated rings. The van der Waals surface area contributed by atoms with E-state index in [1.807, 2.05) is 6.26 Å². The summed E-state index contributed by atoms with van der Waals surface area (Å²) in [6.45, 7) is 4.88. The summed E-state index contributed by atoms with van der Waals surface area (Å²) in [6, 6.07) is -0.189. The molecule has 0 aliphatic heterocycles. The Morgan fingerprint density at radius 3 is 2.12 bits per heavy atom. The van der Waals surface area contributed by atoms with Crippen molar-refractivity contribution in [2.24, 2.45) is 11.8 Å². The van der Waals surface area contributed by atoms with Crippen LogP contribution in [-0.2, 0) is 9.59 Å². The minimum absolute atomic E-state index is 0.0223. The van der Waals surface area contributed by atoms with Gasteiger partial charge in [-0.25, -0.2) is 0 Å². The van der Waals surface area contributed by atoms with Gasteiger partial charge in [-0.2, -0.15) is 11.8 Å². The van der Waals surface area contributed by atoms with Crippen LogP contribution in [0.5, 0.6) is 0 Å². The second-order valence-corrected chi connectivity index (χ2v) is 5.25. The van der Waals surface area contributed by atoms with Gasteiger partial charge in [0.05, 0.1) is 12.5 Å². The van der Waals surface area contributed by atoms with Crippen molar-refractivity contribution in [3.05, 3.63) is 0 Å². The molecule has 6 heteroatoms. The first-order valence-electron chi connectivity index (χ1n) is 5.52. The van der Waals surface area contributed by atoms with Gasteiger partial charge in [0, 0.05) is 17.2 Å². The normalized spacial score (nSPS) is 17.9. The van der Waals surface area contributed by atoms with E-state index in [2.05, 4.69) is 5.32 Å². The van der Waals surface area contributed by atoms with Gasteiger partial charge >= 0.3 is 5.97 Å². The smallest absolute Gasteiger partial charge is 0.307 e. The Hall–Kier alpha value is -0.750. The van der Waals surface area contributed by atoms with E-state index in [0.29, 0.717) is 0 Å². The van der Waals surface area contributed by atoms with E-state index in [9.17, 15) is 9.59 Å². The zero-order chi connectivity index (χ0) is 13.6. The lowest BCUT2D eigenvalue weighted by atomic mass is 9.95. The molecule has 0 saturated carbocycles. The van der Waals surface area contributed by atoms with Gasteiger partial charge in [0.15, 0.2) is 0 Å². The maximum absolute atomic E-state index is 11.8. The maximum Gasteiger partial charge on any atom is 0.307 e. The summed E-state index contributed by atoms with van der Waals surface area (Å²) in [6.07, 6.45) is 1.85. The van der Waals surface area contributed by atoms with Gasteiger partial charge in [-0.3, -0.25) is 9.59 Å². The highest BCUT2D eigenvalue weighted by atomic mass is 32.2. The van der Waals surface area contributed by atoms with Gasteiger partial charge in [0.2, 0.25) is 5.91 Å². The van der Waals surface area contributed by atoms with Crippen molar-refractivity contribution >= 4 is 23.6 Å².